The van der Waals surface area contributed by atoms with E-state index in [0.29, 0.717) is 24.3 Å². The molecule has 28 heavy (non-hydrogen) atoms. The minimum atomic E-state index is -0.275. The van der Waals surface area contributed by atoms with Crippen molar-refractivity contribution in [3.8, 4) is 0 Å². The number of carbonyl (C=O) groups is 1. The van der Waals surface area contributed by atoms with Crippen molar-refractivity contribution in [2.24, 2.45) is 11.8 Å². The van der Waals surface area contributed by atoms with E-state index in [1.807, 2.05) is 12.3 Å². The van der Waals surface area contributed by atoms with E-state index in [1.54, 1.807) is 12.1 Å². The zero-order valence-electron chi connectivity index (χ0n) is 16.8. The Labute approximate surface area is 167 Å². The van der Waals surface area contributed by atoms with Gasteiger partial charge in [-0.25, -0.2) is 4.39 Å². The van der Waals surface area contributed by atoms with Gasteiger partial charge in [0.15, 0.2) is 0 Å². The molecule has 1 atom stereocenters. The Kier molecular flexibility index (Phi) is 7.15. The number of rotatable bonds is 7. The first-order valence-electron chi connectivity index (χ1n) is 10.1. The minimum absolute atomic E-state index is 0.00776. The number of aromatic nitrogens is 1. The summed E-state index contributed by atoms with van der Waals surface area (Å²) >= 11 is 0. The lowest BCUT2D eigenvalue weighted by Gasteiger charge is -2.37. The van der Waals surface area contributed by atoms with Gasteiger partial charge < -0.3 is 10.2 Å². The molecule has 0 spiro atoms. The maximum Gasteiger partial charge on any atom is 0.224 e. The number of nitrogens with zero attached hydrogens (tertiary/aromatic N) is 2. The zero-order valence-corrected chi connectivity index (χ0v) is 16.8. The Morgan fingerprint density at radius 2 is 1.86 bits per heavy atom. The minimum Gasteiger partial charge on any atom is -0.356 e. The molecule has 0 aliphatic heterocycles. The third-order valence-electron chi connectivity index (χ3n) is 5.75. The highest BCUT2D eigenvalue weighted by atomic mass is 19.1. The number of hydrogen-bond donors (Lipinski definition) is 1. The maximum absolute atomic E-state index is 13.0. The average molecular weight is 384 g/mol. The molecule has 1 saturated carbocycles. The Bertz CT molecular complexity index is 740. The van der Waals surface area contributed by atoms with E-state index < -0.39 is 0 Å². The first-order valence-corrected chi connectivity index (χ1v) is 10.1. The topological polar surface area (TPSA) is 45.2 Å². The Hall–Kier alpha value is -2.27. The van der Waals surface area contributed by atoms with Gasteiger partial charge in [-0.2, -0.15) is 0 Å². The fourth-order valence-electron chi connectivity index (χ4n) is 4.30. The van der Waals surface area contributed by atoms with Crippen molar-refractivity contribution in [2.75, 3.05) is 20.6 Å². The van der Waals surface area contributed by atoms with Crippen LogP contribution >= 0.6 is 0 Å². The average Bonchev–Trinajstić information content (AvgIpc) is 2.70. The molecule has 0 radical (unpaired) electrons. The molecule has 1 aliphatic rings. The van der Waals surface area contributed by atoms with E-state index in [0.717, 1.165) is 43.5 Å². The van der Waals surface area contributed by atoms with Crippen LogP contribution in [0.4, 0.5) is 4.39 Å². The van der Waals surface area contributed by atoms with Crippen LogP contribution in [0.25, 0.3) is 0 Å². The van der Waals surface area contributed by atoms with Crippen LogP contribution in [-0.4, -0.2) is 36.4 Å². The summed E-state index contributed by atoms with van der Waals surface area (Å²) in [6, 6.07) is 12.6. The van der Waals surface area contributed by atoms with Gasteiger partial charge in [0, 0.05) is 12.7 Å². The summed E-state index contributed by atoms with van der Waals surface area (Å²) in [6.07, 6.45) is 6.72. The van der Waals surface area contributed by atoms with E-state index in [4.69, 9.17) is 0 Å². The van der Waals surface area contributed by atoms with Gasteiger partial charge in [0.25, 0.3) is 0 Å². The van der Waals surface area contributed by atoms with Crippen molar-refractivity contribution in [3.05, 3.63) is 65.7 Å². The van der Waals surface area contributed by atoms with Crippen LogP contribution in [0, 0.1) is 17.7 Å². The highest BCUT2D eigenvalue weighted by molar-refractivity contribution is 5.78. The molecule has 0 bridgehead atoms. The molecule has 1 aromatic carbocycles. The molecule has 0 saturated heterocycles. The maximum atomic E-state index is 13.0. The second kappa shape index (κ2) is 9.78. The number of carbonyl (C=O) groups excluding carboxylic acids is 1. The van der Waals surface area contributed by atoms with Gasteiger partial charge in [-0.1, -0.05) is 18.2 Å². The van der Waals surface area contributed by atoms with Crippen LogP contribution in [0.5, 0.6) is 0 Å². The monoisotopic (exact) mass is 383 g/mol. The summed E-state index contributed by atoms with van der Waals surface area (Å²) in [5.41, 5.74) is 1.98. The first-order chi connectivity index (χ1) is 13.5. The summed E-state index contributed by atoms with van der Waals surface area (Å²) < 4.78 is 13.0. The quantitative estimate of drug-likeness (QED) is 0.786. The molecule has 1 N–H and O–H groups in total. The number of hydrogen-bond acceptors (Lipinski definition) is 3. The van der Waals surface area contributed by atoms with Crippen molar-refractivity contribution < 1.29 is 9.18 Å². The molecule has 0 unspecified atom stereocenters. The largest absolute Gasteiger partial charge is 0.356 e. The van der Waals surface area contributed by atoms with Gasteiger partial charge in [-0.3, -0.25) is 9.78 Å². The number of nitrogens with one attached hydrogen (secondary N) is 1. The second-order valence-electron chi connectivity index (χ2n) is 8.05. The summed E-state index contributed by atoms with van der Waals surface area (Å²) in [4.78, 5) is 19.0. The molecule has 3 rings (SSSR count). The Balaban J connectivity index is 1.45. The predicted octanol–water partition coefficient (Wildman–Crippen LogP) is 3.99. The molecule has 1 fully saturated rings. The molecule has 1 amide bonds. The van der Waals surface area contributed by atoms with Crippen molar-refractivity contribution in [3.63, 3.8) is 0 Å². The molecule has 1 aliphatic carbocycles. The van der Waals surface area contributed by atoms with Gasteiger partial charge in [0.2, 0.25) is 5.91 Å². The van der Waals surface area contributed by atoms with Gasteiger partial charge in [-0.05, 0) is 81.4 Å². The van der Waals surface area contributed by atoms with Crippen LogP contribution in [0.3, 0.4) is 0 Å². The lowest BCUT2D eigenvalue weighted by Crippen LogP contribution is -2.35. The molecule has 150 valence electrons. The number of pyridine rings is 1. The van der Waals surface area contributed by atoms with Gasteiger partial charge in [-0.15, -0.1) is 0 Å². The van der Waals surface area contributed by atoms with Crippen molar-refractivity contribution in [1.82, 2.24) is 15.2 Å². The van der Waals surface area contributed by atoms with E-state index in [1.165, 1.54) is 12.1 Å². The summed E-state index contributed by atoms with van der Waals surface area (Å²) in [5, 5.41) is 3.06. The highest BCUT2D eigenvalue weighted by Gasteiger charge is 2.30. The van der Waals surface area contributed by atoms with E-state index in [9.17, 15) is 9.18 Å². The van der Waals surface area contributed by atoms with E-state index in [-0.39, 0.29) is 11.7 Å². The smallest absolute Gasteiger partial charge is 0.224 e. The zero-order chi connectivity index (χ0) is 19.9. The Morgan fingerprint density at radius 3 is 2.46 bits per heavy atom. The van der Waals surface area contributed by atoms with Crippen LogP contribution in [0.15, 0.2) is 48.7 Å². The van der Waals surface area contributed by atoms with Gasteiger partial charge >= 0.3 is 0 Å². The fraction of sp³-hybridized carbons (Fsp3) is 0.478. The van der Waals surface area contributed by atoms with Crippen molar-refractivity contribution in [1.29, 1.82) is 0 Å². The Morgan fingerprint density at radius 1 is 1.14 bits per heavy atom. The van der Waals surface area contributed by atoms with Gasteiger partial charge in [0.1, 0.15) is 5.82 Å². The normalized spacial score (nSPS) is 20.7. The molecular formula is C23H30FN3O. The van der Waals surface area contributed by atoms with Gasteiger partial charge in [0.05, 0.1) is 18.2 Å². The SMILES string of the molecule is CN(C)[C@@H](c1ccccn1)C1CCC(CNC(=O)Cc2ccc(F)cc2)CC1. The van der Waals surface area contributed by atoms with Crippen molar-refractivity contribution >= 4 is 5.91 Å². The third kappa shape index (κ3) is 5.61. The molecule has 1 heterocycles. The standard InChI is InChI=1S/C23H30FN3O/c1-27(2)23(21-5-3-4-14-25-21)19-10-6-18(7-11-19)16-26-22(28)15-17-8-12-20(24)13-9-17/h3-5,8-9,12-14,18-19,23H,6-7,10-11,15-16H2,1-2H3,(H,26,28)/t18?,19?,23-/m1/s1. The summed E-state index contributed by atoms with van der Waals surface area (Å²) in [5.74, 6) is 0.854. The van der Waals surface area contributed by atoms with Crippen LogP contribution in [0.1, 0.15) is 43.0 Å². The summed E-state index contributed by atoms with van der Waals surface area (Å²) in [7, 11) is 4.25. The van der Waals surface area contributed by atoms with E-state index in [2.05, 4.69) is 41.4 Å². The molecule has 4 nitrogen and oxygen atoms in total. The fourth-order valence-corrected chi connectivity index (χ4v) is 4.30. The highest BCUT2D eigenvalue weighted by Crippen LogP contribution is 2.38. The van der Waals surface area contributed by atoms with Crippen molar-refractivity contribution in [2.45, 2.75) is 38.1 Å². The number of amides is 1. The predicted molar refractivity (Wildman–Crippen MR) is 109 cm³/mol. The lowest BCUT2D eigenvalue weighted by atomic mass is 9.77. The number of benzene rings is 1. The summed E-state index contributed by atoms with van der Waals surface area (Å²) in [6.45, 7) is 0.725. The van der Waals surface area contributed by atoms with E-state index >= 15 is 0 Å². The molecular weight excluding hydrogens is 353 g/mol. The van der Waals surface area contributed by atoms with Crippen LogP contribution in [0.2, 0.25) is 0 Å². The van der Waals surface area contributed by atoms with Crippen LogP contribution in [-0.2, 0) is 11.2 Å². The molecule has 1 aromatic heterocycles. The second-order valence-corrected chi connectivity index (χ2v) is 8.05. The molecule has 2 aromatic rings. The number of halogens is 1. The first kappa shape index (κ1) is 20.5. The molecule has 5 heteroatoms. The lowest BCUT2D eigenvalue weighted by molar-refractivity contribution is -0.120. The van der Waals surface area contributed by atoms with Crippen LogP contribution < -0.4 is 5.32 Å². The third-order valence-corrected chi connectivity index (χ3v) is 5.75.